The number of aryl methyl sites for hydroxylation is 2. The van der Waals surface area contributed by atoms with Crippen LogP contribution in [0.4, 0.5) is 0 Å². The molecule has 0 atom stereocenters. The Labute approximate surface area is 99.5 Å². The highest BCUT2D eigenvalue weighted by atomic mass is 16.1. The quantitative estimate of drug-likeness (QED) is 0.851. The number of rotatable bonds is 2. The molecule has 0 spiro atoms. The molecule has 0 saturated carbocycles. The van der Waals surface area contributed by atoms with Gasteiger partial charge in [0.1, 0.15) is 0 Å². The number of primary amides is 1. The molecule has 4 nitrogen and oxygen atoms in total. The predicted molar refractivity (Wildman–Crippen MR) is 65.5 cm³/mol. The fourth-order valence-electron chi connectivity index (χ4n) is 1.68. The average molecular weight is 227 g/mol. The second-order valence-electron chi connectivity index (χ2n) is 3.90. The van der Waals surface area contributed by atoms with Crippen LogP contribution < -0.4 is 5.73 Å². The summed E-state index contributed by atoms with van der Waals surface area (Å²) in [7, 11) is 0. The summed E-state index contributed by atoms with van der Waals surface area (Å²) >= 11 is 0. The Morgan fingerprint density at radius 3 is 2.53 bits per heavy atom. The molecule has 0 bridgehead atoms. The number of hydrogen-bond acceptors (Lipinski definition) is 3. The number of aromatic nitrogens is 2. The summed E-state index contributed by atoms with van der Waals surface area (Å²) in [5.74, 6) is -0.549. The van der Waals surface area contributed by atoms with Crippen molar-refractivity contribution in [3.8, 4) is 11.3 Å². The van der Waals surface area contributed by atoms with Gasteiger partial charge in [-0.15, -0.1) is 0 Å². The van der Waals surface area contributed by atoms with E-state index in [4.69, 9.17) is 5.73 Å². The van der Waals surface area contributed by atoms with Crippen molar-refractivity contribution < 1.29 is 4.79 Å². The van der Waals surface area contributed by atoms with Crippen molar-refractivity contribution in [3.05, 3.63) is 47.4 Å². The first-order chi connectivity index (χ1) is 8.08. The molecule has 1 aromatic heterocycles. The normalized spacial score (nSPS) is 10.2. The van der Waals surface area contributed by atoms with Crippen LogP contribution in [0.25, 0.3) is 11.3 Å². The third-order valence-electron chi connectivity index (χ3n) is 2.50. The van der Waals surface area contributed by atoms with Crippen LogP contribution >= 0.6 is 0 Å². The molecule has 17 heavy (non-hydrogen) atoms. The van der Waals surface area contributed by atoms with Gasteiger partial charge in [0.15, 0.2) is 0 Å². The lowest BCUT2D eigenvalue weighted by Crippen LogP contribution is -2.16. The third-order valence-corrected chi connectivity index (χ3v) is 2.50. The lowest BCUT2D eigenvalue weighted by Gasteiger charge is -2.06. The van der Waals surface area contributed by atoms with Gasteiger partial charge in [-0.25, -0.2) is 9.97 Å². The van der Waals surface area contributed by atoms with E-state index < -0.39 is 5.91 Å². The summed E-state index contributed by atoms with van der Waals surface area (Å²) in [5, 5.41) is 0. The van der Waals surface area contributed by atoms with Gasteiger partial charge in [-0.05, 0) is 25.5 Å². The lowest BCUT2D eigenvalue weighted by molar-refractivity contribution is 0.0990. The van der Waals surface area contributed by atoms with Crippen LogP contribution in [0.2, 0.25) is 0 Å². The van der Waals surface area contributed by atoms with Crippen molar-refractivity contribution in [2.75, 3.05) is 0 Å². The van der Waals surface area contributed by atoms with E-state index in [9.17, 15) is 4.79 Å². The van der Waals surface area contributed by atoms with E-state index in [1.54, 1.807) is 0 Å². The minimum atomic E-state index is -0.608. The molecule has 1 amide bonds. The smallest absolute Gasteiger partial charge is 0.286 e. The molecule has 0 saturated heterocycles. The molecule has 4 heteroatoms. The summed E-state index contributed by atoms with van der Waals surface area (Å²) in [4.78, 5) is 19.3. The maximum absolute atomic E-state index is 11.1. The van der Waals surface area contributed by atoms with Gasteiger partial charge < -0.3 is 5.73 Å². The van der Waals surface area contributed by atoms with Crippen molar-refractivity contribution in [2.24, 2.45) is 5.73 Å². The van der Waals surface area contributed by atoms with Gasteiger partial charge >= 0.3 is 0 Å². The van der Waals surface area contributed by atoms with Gasteiger partial charge in [0.25, 0.3) is 5.91 Å². The maximum atomic E-state index is 11.1. The van der Waals surface area contributed by atoms with Gasteiger partial charge in [0, 0.05) is 11.3 Å². The van der Waals surface area contributed by atoms with Crippen LogP contribution in [-0.2, 0) is 0 Å². The van der Waals surface area contributed by atoms with Crippen LogP contribution in [0.5, 0.6) is 0 Å². The molecule has 86 valence electrons. The molecule has 0 aliphatic rings. The third kappa shape index (κ3) is 2.30. The molecular weight excluding hydrogens is 214 g/mol. The zero-order chi connectivity index (χ0) is 12.4. The molecule has 0 aliphatic carbocycles. The van der Waals surface area contributed by atoms with E-state index in [1.807, 2.05) is 44.2 Å². The van der Waals surface area contributed by atoms with Gasteiger partial charge in [-0.2, -0.15) is 0 Å². The first-order valence-electron chi connectivity index (χ1n) is 5.29. The van der Waals surface area contributed by atoms with Gasteiger partial charge in [-0.1, -0.05) is 24.3 Å². The Hall–Kier alpha value is -2.23. The second-order valence-corrected chi connectivity index (χ2v) is 3.90. The Morgan fingerprint density at radius 1 is 1.18 bits per heavy atom. The number of nitrogens with zero attached hydrogens (tertiary/aromatic N) is 2. The summed E-state index contributed by atoms with van der Waals surface area (Å²) in [6, 6.07) is 9.69. The minimum Gasteiger partial charge on any atom is -0.363 e. The fraction of sp³-hybridized carbons (Fsp3) is 0.154. The number of nitrogens with two attached hydrogens (primary N) is 1. The predicted octanol–water partition coefficient (Wildman–Crippen LogP) is 1.86. The standard InChI is InChI=1S/C13H13N3O/c1-8-5-3-4-6-10(8)11-7-9(2)15-13(16-11)12(14)17/h3-7H,1-2H3,(H2,14,17). The van der Waals surface area contributed by atoms with Gasteiger partial charge in [0.05, 0.1) is 5.69 Å². The Morgan fingerprint density at radius 2 is 1.88 bits per heavy atom. The van der Waals surface area contributed by atoms with Crippen molar-refractivity contribution in [1.29, 1.82) is 0 Å². The Balaban J connectivity index is 2.60. The highest BCUT2D eigenvalue weighted by Gasteiger charge is 2.09. The molecule has 2 rings (SSSR count). The van der Waals surface area contributed by atoms with E-state index in [2.05, 4.69) is 9.97 Å². The van der Waals surface area contributed by atoms with Crippen LogP contribution in [-0.4, -0.2) is 15.9 Å². The van der Waals surface area contributed by atoms with Crippen molar-refractivity contribution in [1.82, 2.24) is 9.97 Å². The average Bonchev–Trinajstić information content (AvgIpc) is 2.28. The zero-order valence-electron chi connectivity index (χ0n) is 9.77. The minimum absolute atomic E-state index is 0.0586. The van der Waals surface area contributed by atoms with Crippen LogP contribution in [0, 0.1) is 13.8 Å². The molecule has 0 aliphatic heterocycles. The number of carbonyl (C=O) groups excluding carboxylic acids is 1. The van der Waals surface area contributed by atoms with Crippen molar-refractivity contribution in [2.45, 2.75) is 13.8 Å². The van der Waals surface area contributed by atoms with E-state index in [1.165, 1.54) is 0 Å². The van der Waals surface area contributed by atoms with E-state index in [-0.39, 0.29) is 5.82 Å². The molecule has 0 fully saturated rings. The Bertz CT molecular complexity index is 579. The monoisotopic (exact) mass is 227 g/mol. The number of amides is 1. The number of hydrogen-bond donors (Lipinski definition) is 1. The highest BCUT2D eigenvalue weighted by molar-refractivity contribution is 5.89. The molecule has 2 N–H and O–H groups in total. The maximum Gasteiger partial charge on any atom is 0.286 e. The van der Waals surface area contributed by atoms with Crippen LogP contribution in [0.3, 0.4) is 0 Å². The molecule has 0 unspecified atom stereocenters. The first kappa shape index (κ1) is 11.3. The SMILES string of the molecule is Cc1cc(-c2ccccc2C)nc(C(N)=O)n1. The van der Waals surface area contributed by atoms with Gasteiger partial charge in [0.2, 0.25) is 5.82 Å². The largest absolute Gasteiger partial charge is 0.363 e. The number of carbonyl (C=O) groups is 1. The second kappa shape index (κ2) is 4.33. The van der Waals surface area contributed by atoms with E-state index >= 15 is 0 Å². The summed E-state index contributed by atoms with van der Waals surface area (Å²) in [5.41, 5.74) is 8.74. The van der Waals surface area contributed by atoms with E-state index in [0.29, 0.717) is 0 Å². The first-order valence-corrected chi connectivity index (χ1v) is 5.29. The summed E-state index contributed by atoms with van der Waals surface area (Å²) < 4.78 is 0. The van der Waals surface area contributed by atoms with Crippen molar-refractivity contribution in [3.63, 3.8) is 0 Å². The number of benzene rings is 1. The zero-order valence-corrected chi connectivity index (χ0v) is 9.77. The molecule has 2 aromatic rings. The summed E-state index contributed by atoms with van der Waals surface area (Å²) in [6.07, 6.45) is 0. The van der Waals surface area contributed by atoms with Crippen LogP contribution in [0.1, 0.15) is 21.9 Å². The molecule has 1 heterocycles. The van der Waals surface area contributed by atoms with Crippen molar-refractivity contribution >= 4 is 5.91 Å². The molecule has 1 aromatic carbocycles. The fourth-order valence-corrected chi connectivity index (χ4v) is 1.68. The Kier molecular flexibility index (Phi) is 2.87. The summed E-state index contributed by atoms with van der Waals surface area (Å²) in [6.45, 7) is 3.81. The molecular formula is C13H13N3O. The van der Waals surface area contributed by atoms with Gasteiger partial charge in [-0.3, -0.25) is 4.79 Å². The lowest BCUT2D eigenvalue weighted by atomic mass is 10.1. The molecule has 0 radical (unpaired) electrons. The van der Waals surface area contributed by atoms with E-state index in [0.717, 1.165) is 22.5 Å². The topological polar surface area (TPSA) is 68.9 Å². The van der Waals surface area contributed by atoms with Crippen LogP contribution in [0.15, 0.2) is 30.3 Å². The highest BCUT2D eigenvalue weighted by Crippen LogP contribution is 2.21.